The Morgan fingerprint density at radius 1 is 1.44 bits per heavy atom. The van der Waals surface area contributed by atoms with Crippen molar-refractivity contribution in [3.8, 4) is 10.4 Å². The highest BCUT2D eigenvalue weighted by atomic mass is 32.1. The molecule has 132 valence electrons. The molecule has 0 saturated carbocycles. The van der Waals surface area contributed by atoms with Crippen molar-refractivity contribution in [3.05, 3.63) is 39.8 Å². The number of hydrogen-bond acceptors (Lipinski definition) is 5. The Morgan fingerprint density at radius 2 is 2.20 bits per heavy atom. The van der Waals surface area contributed by atoms with Gasteiger partial charge in [0, 0.05) is 22.0 Å². The molecule has 1 atom stereocenters. The number of pyridine rings is 1. The van der Waals surface area contributed by atoms with Gasteiger partial charge in [-0.05, 0) is 11.5 Å². The van der Waals surface area contributed by atoms with E-state index in [0.29, 0.717) is 26.2 Å². The van der Waals surface area contributed by atoms with Gasteiger partial charge in [0.05, 0.1) is 24.5 Å². The van der Waals surface area contributed by atoms with Gasteiger partial charge in [-0.3, -0.25) is 9.89 Å². The first-order valence-electron chi connectivity index (χ1n) is 7.91. The first-order chi connectivity index (χ1) is 11.7. The summed E-state index contributed by atoms with van der Waals surface area (Å²) in [6, 6.07) is 1.76. The summed E-state index contributed by atoms with van der Waals surface area (Å²) >= 11 is 1.20. The number of halogens is 1. The third-order valence-electron chi connectivity index (χ3n) is 4.87. The minimum atomic E-state index is -1.31. The van der Waals surface area contributed by atoms with E-state index in [2.05, 4.69) is 15.2 Å². The van der Waals surface area contributed by atoms with Crippen LogP contribution < -0.4 is 5.56 Å². The lowest BCUT2D eigenvalue weighted by Gasteiger charge is -2.43. The molecule has 3 aromatic rings. The number of nitrogens with one attached hydrogen (secondary N) is 2. The van der Waals surface area contributed by atoms with Crippen molar-refractivity contribution in [2.24, 2.45) is 5.41 Å². The number of thiophene rings is 1. The normalized spacial score (nSPS) is 20.8. The lowest BCUT2D eigenvalue weighted by molar-refractivity contribution is -0.139. The lowest BCUT2D eigenvalue weighted by atomic mass is 9.72. The molecule has 0 fully saturated rings. The summed E-state index contributed by atoms with van der Waals surface area (Å²) < 4.78 is 19.9. The third kappa shape index (κ3) is 2.28. The maximum Gasteiger partial charge on any atom is 0.266 e. The first-order valence-corrected chi connectivity index (χ1v) is 8.73. The number of rotatable bonds is 1. The van der Waals surface area contributed by atoms with Gasteiger partial charge in [-0.2, -0.15) is 4.39 Å². The third-order valence-corrected chi connectivity index (χ3v) is 6.04. The number of H-pyrrole nitrogens is 2. The molecule has 0 bridgehead atoms. The zero-order valence-corrected chi connectivity index (χ0v) is 14.9. The van der Waals surface area contributed by atoms with Crippen molar-refractivity contribution in [2.75, 3.05) is 6.61 Å². The average molecular weight is 363 g/mol. The van der Waals surface area contributed by atoms with E-state index in [-0.39, 0.29) is 18.8 Å². The Bertz CT molecular complexity index is 1030. The maximum absolute atomic E-state index is 13.8. The summed E-state index contributed by atoms with van der Waals surface area (Å²) in [7, 11) is 0. The van der Waals surface area contributed by atoms with E-state index >= 15 is 0 Å². The van der Waals surface area contributed by atoms with E-state index in [0.717, 1.165) is 5.56 Å². The Labute approximate surface area is 146 Å². The highest BCUT2D eigenvalue weighted by Gasteiger charge is 2.47. The quantitative estimate of drug-likeness (QED) is 0.620. The molecule has 6 nitrogen and oxygen atoms in total. The molecule has 1 aliphatic rings. The molecule has 25 heavy (non-hydrogen) atoms. The number of nitrogens with zero attached hydrogens (tertiary/aromatic N) is 1. The van der Waals surface area contributed by atoms with Crippen LogP contribution >= 0.6 is 11.3 Å². The first kappa shape index (κ1) is 16.4. The second-order valence-corrected chi connectivity index (χ2v) is 8.41. The van der Waals surface area contributed by atoms with Gasteiger partial charge in [0.25, 0.3) is 5.56 Å². The van der Waals surface area contributed by atoms with Crippen molar-refractivity contribution >= 4 is 21.4 Å². The van der Waals surface area contributed by atoms with Crippen LogP contribution in [0.4, 0.5) is 4.39 Å². The lowest BCUT2D eigenvalue weighted by Crippen LogP contribution is -2.48. The van der Waals surface area contributed by atoms with Gasteiger partial charge in [-0.25, -0.2) is 0 Å². The zero-order chi connectivity index (χ0) is 18.0. The fourth-order valence-corrected chi connectivity index (χ4v) is 4.30. The summed E-state index contributed by atoms with van der Waals surface area (Å²) in [6.07, 6.45) is 1.46. The van der Waals surface area contributed by atoms with E-state index in [1.165, 1.54) is 17.5 Å². The molecule has 3 aromatic heterocycles. The molecular formula is C17H18FN3O3S. The molecule has 0 aromatic carbocycles. The number of aromatic amines is 2. The summed E-state index contributed by atoms with van der Waals surface area (Å²) in [6.45, 7) is 6.08. The minimum Gasteiger partial charge on any atom is -0.381 e. The average Bonchev–Trinajstić information content (AvgIpc) is 3.14. The standard InChI is InChI=1S/C17H18FN3O3S/c1-16(2,3)17(23)7-24-6-10-8-4-11(9-5-19-21-14(9)18)25-12(8)15(22)20-13(10)17/h4-5,23H,6-7H2,1-3H3,(H,19,21)(H,20,22). The molecule has 0 saturated heterocycles. The van der Waals surface area contributed by atoms with Crippen LogP contribution in [0.15, 0.2) is 17.1 Å². The van der Waals surface area contributed by atoms with Crippen LogP contribution in [0.25, 0.3) is 20.5 Å². The smallest absolute Gasteiger partial charge is 0.266 e. The fraction of sp³-hybridized carbons (Fsp3) is 0.412. The van der Waals surface area contributed by atoms with Gasteiger partial charge in [0.15, 0.2) is 0 Å². The van der Waals surface area contributed by atoms with Crippen molar-refractivity contribution < 1.29 is 14.2 Å². The van der Waals surface area contributed by atoms with Crippen molar-refractivity contribution in [1.29, 1.82) is 0 Å². The molecule has 0 radical (unpaired) electrons. The van der Waals surface area contributed by atoms with Crippen LogP contribution in [0.3, 0.4) is 0 Å². The van der Waals surface area contributed by atoms with Crippen molar-refractivity contribution in [2.45, 2.75) is 33.0 Å². The Hall–Kier alpha value is -2.03. The molecule has 0 aliphatic carbocycles. The topological polar surface area (TPSA) is 91.0 Å². The van der Waals surface area contributed by atoms with Crippen molar-refractivity contribution in [1.82, 2.24) is 15.2 Å². The number of ether oxygens (including phenoxy) is 1. The minimum absolute atomic E-state index is 0.109. The van der Waals surface area contributed by atoms with Crippen molar-refractivity contribution in [3.63, 3.8) is 0 Å². The predicted octanol–water partition coefficient (Wildman–Crippen LogP) is 2.88. The van der Waals surface area contributed by atoms with Crippen LogP contribution in [0.5, 0.6) is 0 Å². The van der Waals surface area contributed by atoms with E-state index in [1.54, 1.807) is 6.07 Å². The largest absolute Gasteiger partial charge is 0.381 e. The van der Waals surface area contributed by atoms with Gasteiger partial charge in [0.1, 0.15) is 10.3 Å². The SMILES string of the molecule is CC(C)(C)C1(O)COCc2c1[nH]c(=O)c1sc(-c3c[nH]nc3F)cc21. The number of fused-ring (bicyclic) bond motifs is 3. The van der Waals surface area contributed by atoms with Gasteiger partial charge in [-0.15, -0.1) is 16.4 Å². The molecule has 4 heterocycles. The summed E-state index contributed by atoms with van der Waals surface area (Å²) in [4.78, 5) is 16.1. The van der Waals surface area contributed by atoms with Gasteiger partial charge >= 0.3 is 0 Å². The number of aliphatic hydroxyl groups is 1. The maximum atomic E-state index is 13.8. The molecular weight excluding hydrogens is 345 g/mol. The Morgan fingerprint density at radius 3 is 2.84 bits per heavy atom. The van der Waals surface area contributed by atoms with Gasteiger partial charge in [-0.1, -0.05) is 20.8 Å². The molecule has 1 unspecified atom stereocenters. The number of hydrogen-bond donors (Lipinski definition) is 3. The molecule has 4 rings (SSSR count). The van der Waals surface area contributed by atoms with Gasteiger partial charge < -0.3 is 14.8 Å². The molecule has 0 spiro atoms. The second-order valence-electron chi connectivity index (χ2n) is 7.35. The second kappa shape index (κ2) is 5.23. The van der Waals surface area contributed by atoms with Crippen LogP contribution in [0, 0.1) is 11.4 Å². The van der Waals surface area contributed by atoms with Crippen LogP contribution in [0.2, 0.25) is 0 Å². The summed E-state index contributed by atoms with van der Waals surface area (Å²) in [5.74, 6) is -0.612. The zero-order valence-electron chi connectivity index (χ0n) is 14.1. The van der Waals surface area contributed by atoms with E-state index in [1.807, 2.05) is 20.8 Å². The van der Waals surface area contributed by atoms with E-state index in [4.69, 9.17) is 4.74 Å². The van der Waals surface area contributed by atoms with Crippen LogP contribution in [-0.2, 0) is 16.9 Å². The molecule has 1 aliphatic heterocycles. The number of aromatic nitrogens is 3. The summed E-state index contributed by atoms with van der Waals surface area (Å²) in [5, 5.41) is 17.9. The van der Waals surface area contributed by atoms with Gasteiger partial charge in [0.2, 0.25) is 5.95 Å². The molecule has 3 N–H and O–H groups in total. The Balaban J connectivity index is 2.01. The van der Waals surface area contributed by atoms with Crippen LogP contribution in [-0.4, -0.2) is 26.9 Å². The van der Waals surface area contributed by atoms with E-state index < -0.39 is 17.0 Å². The van der Waals surface area contributed by atoms with E-state index in [9.17, 15) is 14.3 Å². The molecule has 8 heteroatoms. The van der Waals surface area contributed by atoms with Crippen LogP contribution in [0.1, 0.15) is 32.0 Å². The summed E-state index contributed by atoms with van der Waals surface area (Å²) in [5.41, 5.74) is -0.591. The monoisotopic (exact) mass is 363 g/mol. The Kier molecular flexibility index (Phi) is 3.44. The highest BCUT2D eigenvalue weighted by molar-refractivity contribution is 7.22. The molecule has 0 amide bonds. The predicted molar refractivity (Wildman–Crippen MR) is 93.0 cm³/mol. The highest BCUT2D eigenvalue weighted by Crippen LogP contribution is 2.45. The fourth-order valence-electron chi connectivity index (χ4n) is 3.21.